The molecule has 1 saturated heterocycles. The summed E-state index contributed by atoms with van der Waals surface area (Å²) in [6.45, 7) is 2.90. The summed E-state index contributed by atoms with van der Waals surface area (Å²) >= 11 is 0. The molecule has 1 amide bonds. The number of carbonyl (C=O) groups is 1. The summed E-state index contributed by atoms with van der Waals surface area (Å²) in [4.78, 5) is 15.2. The number of carbonyl (C=O) groups excluding carboxylic acids is 1. The maximum absolute atomic E-state index is 12.6. The van der Waals surface area contributed by atoms with Gasteiger partial charge in [-0.25, -0.2) is 0 Å². The normalized spacial score (nSPS) is 23.6. The van der Waals surface area contributed by atoms with Gasteiger partial charge in [0.1, 0.15) is 5.75 Å². The second kappa shape index (κ2) is 6.56. The highest BCUT2D eigenvalue weighted by Crippen LogP contribution is 2.41. The van der Waals surface area contributed by atoms with E-state index in [0.717, 1.165) is 24.3 Å². The van der Waals surface area contributed by atoms with Crippen molar-refractivity contribution in [2.24, 2.45) is 0 Å². The smallest absolute Gasteiger partial charge is 0.287 e. The Balaban J connectivity index is 1.59. The second-order valence-corrected chi connectivity index (χ2v) is 6.99. The van der Waals surface area contributed by atoms with Gasteiger partial charge in [-0.05, 0) is 49.9 Å². The molecule has 2 heterocycles. The highest BCUT2D eigenvalue weighted by molar-refractivity contribution is 5.93. The quantitative estimate of drug-likeness (QED) is 0.907. The molecule has 1 saturated carbocycles. The molecule has 25 heavy (non-hydrogen) atoms. The van der Waals surface area contributed by atoms with Crippen molar-refractivity contribution in [3.63, 3.8) is 0 Å². The van der Waals surface area contributed by atoms with Crippen LogP contribution in [0, 0.1) is 6.92 Å². The van der Waals surface area contributed by atoms with E-state index in [9.17, 15) is 4.79 Å². The van der Waals surface area contributed by atoms with Crippen molar-refractivity contribution >= 4 is 5.91 Å². The van der Waals surface area contributed by atoms with Gasteiger partial charge in [-0.1, -0.05) is 12.1 Å². The first-order valence-electron chi connectivity index (χ1n) is 8.92. The van der Waals surface area contributed by atoms with Crippen molar-refractivity contribution < 1.29 is 13.9 Å². The maximum atomic E-state index is 12.6. The van der Waals surface area contributed by atoms with E-state index in [1.807, 2.05) is 25.1 Å². The number of nitrogens with zero attached hydrogens (tertiary/aromatic N) is 1. The van der Waals surface area contributed by atoms with Crippen LogP contribution in [0.5, 0.6) is 5.75 Å². The SMILES string of the molecule is COc1cccc([C@@H]2[C@H](NC(=O)c3occc3C)CCN2C2CC2)c1. The van der Waals surface area contributed by atoms with Crippen molar-refractivity contribution in [1.82, 2.24) is 10.2 Å². The molecule has 1 aromatic heterocycles. The molecule has 132 valence electrons. The molecule has 1 aliphatic heterocycles. The van der Waals surface area contributed by atoms with Crippen molar-refractivity contribution in [3.05, 3.63) is 53.5 Å². The number of amides is 1. The number of methoxy groups -OCH3 is 1. The Bertz CT molecular complexity index is 766. The third-order valence-corrected chi connectivity index (χ3v) is 5.27. The summed E-state index contributed by atoms with van der Waals surface area (Å²) in [6, 6.07) is 10.9. The number of hydrogen-bond acceptors (Lipinski definition) is 4. The van der Waals surface area contributed by atoms with E-state index >= 15 is 0 Å². The van der Waals surface area contributed by atoms with Crippen molar-refractivity contribution in [2.45, 2.75) is 44.3 Å². The zero-order valence-corrected chi connectivity index (χ0v) is 14.7. The number of rotatable bonds is 5. The van der Waals surface area contributed by atoms with Gasteiger partial charge >= 0.3 is 0 Å². The van der Waals surface area contributed by atoms with Crippen LogP contribution in [0.25, 0.3) is 0 Å². The zero-order valence-electron chi connectivity index (χ0n) is 14.7. The van der Waals surface area contributed by atoms with Crippen LogP contribution in [-0.2, 0) is 0 Å². The van der Waals surface area contributed by atoms with Crippen LogP contribution in [0.1, 0.15) is 47.0 Å². The van der Waals surface area contributed by atoms with Crippen LogP contribution in [0.2, 0.25) is 0 Å². The van der Waals surface area contributed by atoms with Gasteiger partial charge in [-0.3, -0.25) is 9.69 Å². The second-order valence-electron chi connectivity index (χ2n) is 6.99. The Hall–Kier alpha value is -2.27. The van der Waals surface area contributed by atoms with E-state index in [0.29, 0.717) is 11.8 Å². The summed E-state index contributed by atoms with van der Waals surface area (Å²) in [5.74, 6) is 1.14. The average molecular weight is 340 g/mol. The highest BCUT2D eigenvalue weighted by Gasteiger charge is 2.43. The summed E-state index contributed by atoms with van der Waals surface area (Å²) in [5, 5.41) is 3.21. The largest absolute Gasteiger partial charge is 0.497 e. The molecule has 2 atom stereocenters. The third-order valence-electron chi connectivity index (χ3n) is 5.27. The summed E-state index contributed by atoms with van der Waals surface area (Å²) < 4.78 is 10.8. The fourth-order valence-corrected chi connectivity index (χ4v) is 3.87. The van der Waals surface area contributed by atoms with Gasteiger partial charge in [-0.15, -0.1) is 0 Å². The number of nitrogens with one attached hydrogen (secondary N) is 1. The Kier molecular flexibility index (Phi) is 4.25. The molecule has 5 nitrogen and oxygen atoms in total. The van der Waals surface area contributed by atoms with Crippen LogP contribution in [0.4, 0.5) is 0 Å². The monoisotopic (exact) mass is 340 g/mol. The lowest BCUT2D eigenvalue weighted by Crippen LogP contribution is -2.40. The maximum Gasteiger partial charge on any atom is 0.287 e. The first kappa shape index (κ1) is 16.2. The number of aryl methyl sites for hydroxylation is 1. The Morgan fingerprint density at radius 3 is 2.80 bits per heavy atom. The summed E-state index contributed by atoms with van der Waals surface area (Å²) in [7, 11) is 1.69. The molecule has 0 bridgehead atoms. The molecule has 2 aromatic rings. The first-order chi connectivity index (χ1) is 12.2. The van der Waals surface area contributed by atoms with Crippen LogP contribution in [-0.4, -0.2) is 36.5 Å². The molecule has 0 unspecified atom stereocenters. The highest BCUT2D eigenvalue weighted by atomic mass is 16.5. The van der Waals surface area contributed by atoms with Crippen LogP contribution in [0.3, 0.4) is 0 Å². The average Bonchev–Trinajstić information content (AvgIpc) is 3.25. The minimum absolute atomic E-state index is 0.0738. The standard InChI is InChI=1S/C20H24N2O3/c1-13-9-11-25-19(13)20(23)21-17-8-10-22(15-6-7-15)18(17)14-4-3-5-16(12-14)24-2/h3-5,9,11-12,15,17-18H,6-8,10H2,1-2H3,(H,21,23)/t17-,18-/m1/s1. The Morgan fingerprint density at radius 1 is 1.28 bits per heavy atom. The van der Waals surface area contributed by atoms with Gasteiger partial charge in [-0.2, -0.15) is 0 Å². The lowest BCUT2D eigenvalue weighted by atomic mass is 9.99. The van der Waals surface area contributed by atoms with Crippen LogP contribution in [0.15, 0.2) is 41.0 Å². The fraction of sp³-hybridized carbons (Fsp3) is 0.450. The molecule has 4 rings (SSSR count). The van der Waals surface area contributed by atoms with Gasteiger partial charge in [0.05, 0.1) is 25.5 Å². The first-order valence-corrected chi connectivity index (χ1v) is 8.92. The molecule has 1 N–H and O–H groups in total. The van der Waals surface area contributed by atoms with Gasteiger partial charge in [0.2, 0.25) is 0 Å². The van der Waals surface area contributed by atoms with E-state index in [1.54, 1.807) is 13.4 Å². The van der Waals surface area contributed by atoms with Crippen molar-refractivity contribution in [2.75, 3.05) is 13.7 Å². The van der Waals surface area contributed by atoms with Gasteiger partial charge in [0, 0.05) is 18.2 Å². The Labute approximate surface area is 148 Å². The molecule has 5 heteroatoms. The van der Waals surface area contributed by atoms with E-state index in [2.05, 4.69) is 22.3 Å². The Morgan fingerprint density at radius 2 is 2.12 bits per heavy atom. The van der Waals surface area contributed by atoms with E-state index < -0.39 is 0 Å². The lowest BCUT2D eigenvalue weighted by Gasteiger charge is -2.29. The topological polar surface area (TPSA) is 54.7 Å². The van der Waals surface area contributed by atoms with Crippen LogP contribution < -0.4 is 10.1 Å². The number of likely N-dealkylation sites (tertiary alicyclic amines) is 1. The molecule has 0 radical (unpaired) electrons. The fourth-order valence-electron chi connectivity index (χ4n) is 3.87. The van der Waals surface area contributed by atoms with Crippen LogP contribution >= 0.6 is 0 Å². The minimum atomic E-state index is -0.127. The van der Waals surface area contributed by atoms with Crippen molar-refractivity contribution in [1.29, 1.82) is 0 Å². The zero-order chi connectivity index (χ0) is 17.4. The molecule has 0 spiro atoms. The van der Waals surface area contributed by atoms with Crippen molar-refractivity contribution in [3.8, 4) is 5.75 Å². The third kappa shape index (κ3) is 3.16. The lowest BCUT2D eigenvalue weighted by molar-refractivity contribution is 0.0894. The predicted octanol–water partition coefficient (Wildman–Crippen LogP) is 3.30. The van der Waals surface area contributed by atoms with E-state index in [4.69, 9.17) is 9.15 Å². The van der Waals surface area contributed by atoms with Gasteiger partial charge < -0.3 is 14.5 Å². The van der Waals surface area contributed by atoms with E-state index in [-0.39, 0.29) is 18.0 Å². The molecule has 1 aromatic carbocycles. The number of hydrogen-bond donors (Lipinski definition) is 1. The minimum Gasteiger partial charge on any atom is -0.497 e. The number of benzene rings is 1. The number of ether oxygens (including phenoxy) is 1. The molecular weight excluding hydrogens is 316 g/mol. The predicted molar refractivity (Wildman–Crippen MR) is 94.8 cm³/mol. The van der Waals surface area contributed by atoms with Gasteiger partial charge in [0.15, 0.2) is 5.76 Å². The summed E-state index contributed by atoms with van der Waals surface area (Å²) in [6.07, 6.45) is 5.01. The number of furan rings is 1. The molecule has 2 fully saturated rings. The molecular formula is C20H24N2O3. The summed E-state index contributed by atoms with van der Waals surface area (Å²) in [5.41, 5.74) is 2.07. The van der Waals surface area contributed by atoms with E-state index in [1.165, 1.54) is 18.4 Å². The molecule has 2 aliphatic rings. The van der Waals surface area contributed by atoms with Gasteiger partial charge in [0.25, 0.3) is 5.91 Å². The molecule has 1 aliphatic carbocycles.